The predicted molar refractivity (Wildman–Crippen MR) is 69.5 cm³/mol. The molecule has 5 heteroatoms. The van der Waals surface area contributed by atoms with Gasteiger partial charge in [-0.2, -0.15) is 4.98 Å². The Morgan fingerprint density at radius 3 is 2.82 bits per heavy atom. The summed E-state index contributed by atoms with van der Waals surface area (Å²) in [6.45, 7) is 0.998. The normalized spacial score (nSPS) is 21.1. The van der Waals surface area contributed by atoms with Crippen molar-refractivity contribution in [2.75, 3.05) is 24.2 Å². The van der Waals surface area contributed by atoms with Crippen molar-refractivity contribution in [2.24, 2.45) is 11.3 Å². The van der Waals surface area contributed by atoms with Crippen LogP contribution in [0.2, 0.25) is 5.02 Å². The summed E-state index contributed by atoms with van der Waals surface area (Å²) in [6, 6.07) is 0. The van der Waals surface area contributed by atoms with Gasteiger partial charge in [-0.25, -0.2) is 4.98 Å². The fourth-order valence-corrected chi connectivity index (χ4v) is 2.61. The third-order valence-corrected chi connectivity index (χ3v) is 4.19. The molecule has 2 fully saturated rings. The Kier molecular flexibility index (Phi) is 2.62. The average molecular weight is 253 g/mol. The third kappa shape index (κ3) is 2.18. The Labute approximate surface area is 106 Å². The highest BCUT2D eigenvalue weighted by Crippen LogP contribution is 2.61. The number of anilines is 2. The van der Waals surface area contributed by atoms with Crippen LogP contribution in [0, 0.1) is 11.3 Å². The molecular weight excluding hydrogens is 236 g/mol. The number of hydrogen-bond acceptors (Lipinski definition) is 4. The zero-order valence-corrected chi connectivity index (χ0v) is 10.7. The number of rotatable bonds is 5. The summed E-state index contributed by atoms with van der Waals surface area (Å²) >= 11 is 6.08. The zero-order chi connectivity index (χ0) is 11.9. The number of halogens is 1. The molecule has 0 bridgehead atoms. The van der Waals surface area contributed by atoms with Gasteiger partial charge in [0.25, 0.3) is 0 Å². The molecule has 2 N–H and O–H groups in total. The predicted octanol–water partition coefficient (Wildman–Crippen LogP) is 2.77. The Bertz CT molecular complexity index is 427. The summed E-state index contributed by atoms with van der Waals surface area (Å²) in [5.74, 6) is 2.30. The van der Waals surface area contributed by atoms with Gasteiger partial charge in [-0.3, -0.25) is 0 Å². The molecule has 1 heterocycles. The van der Waals surface area contributed by atoms with E-state index in [1.54, 1.807) is 13.2 Å². The second-order valence-electron chi connectivity index (χ2n) is 5.13. The van der Waals surface area contributed by atoms with E-state index in [4.69, 9.17) is 11.6 Å². The number of nitrogens with one attached hydrogen (secondary N) is 2. The summed E-state index contributed by atoms with van der Waals surface area (Å²) in [6.07, 6.45) is 7.15. The fraction of sp³-hybridized carbons (Fsp3) is 0.667. The number of nitrogens with zero attached hydrogens (tertiary/aromatic N) is 2. The monoisotopic (exact) mass is 252 g/mol. The van der Waals surface area contributed by atoms with Gasteiger partial charge in [0.1, 0.15) is 5.02 Å². The SMILES string of the molecule is CNc1ncc(Cl)c(NCC2(C3CC3)CC2)n1. The molecule has 0 saturated heterocycles. The van der Waals surface area contributed by atoms with Crippen LogP contribution in [-0.2, 0) is 0 Å². The third-order valence-electron chi connectivity index (χ3n) is 3.91. The summed E-state index contributed by atoms with van der Waals surface area (Å²) in [4.78, 5) is 8.41. The van der Waals surface area contributed by atoms with Crippen LogP contribution in [-0.4, -0.2) is 23.6 Å². The van der Waals surface area contributed by atoms with E-state index in [1.807, 2.05) is 0 Å². The highest BCUT2D eigenvalue weighted by Gasteiger charge is 2.53. The zero-order valence-electron chi connectivity index (χ0n) is 9.96. The summed E-state index contributed by atoms with van der Waals surface area (Å²) in [5.41, 5.74) is 0.550. The molecule has 0 aromatic carbocycles. The highest BCUT2D eigenvalue weighted by molar-refractivity contribution is 6.32. The molecule has 3 rings (SSSR count). The molecular formula is C12H17ClN4. The highest BCUT2D eigenvalue weighted by atomic mass is 35.5. The molecule has 2 aliphatic rings. The van der Waals surface area contributed by atoms with Crippen molar-refractivity contribution < 1.29 is 0 Å². The molecule has 92 valence electrons. The first-order valence-electron chi connectivity index (χ1n) is 6.18. The van der Waals surface area contributed by atoms with Crippen LogP contribution < -0.4 is 10.6 Å². The minimum atomic E-state index is 0.550. The van der Waals surface area contributed by atoms with E-state index >= 15 is 0 Å². The molecule has 0 atom stereocenters. The van der Waals surface area contributed by atoms with Crippen molar-refractivity contribution in [1.29, 1.82) is 0 Å². The maximum Gasteiger partial charge on any atom is 0.224 e. The molecule has 0 aliphatic heterocycles. The number of aromatic nitrogens is 2. The van der Waals surface area contributed by atoms with E-state index in [-0.39, 0.29) is 0 Å². The average Bonchev–Trinajstić information content (AvgIpc) is 3.19. The van der Waals surface area contributed by atoms with Crippen LogP contribution >= 0.6 is 11.6 Å². The first-order valence-corrected chi connectivity index (χ1v) is 6.55. The molecule has 0 spiro atoms. The Morgan fingerprint density at radius 1 is 1.47 bits per heavy atom. The molecule has 0 unspecified atom stereocenters. The lowest BCUT2D eigenvalue weighted by atomic mass is 10.0. The van der Waals surface area contributed by atoms with Gasteiger partial charge in [-0.05, 0) is 37.0 Å². The standard InChI is InChI=1S/C12H17ClN4/c1-14-11-15-6-9(13)10(17-11)16-7-12(4-5-12)8-2-3-8/h6,8H,2-5,7H2,1H3,(H2,14,15,16,17). The van der Waals surface area contributed by atoms with E-state index in [9.17, 15) is 0 Å². The topological polar surface area (TPSA) is 49.8 Å². The van der Waals surface area contributed by atoms with Gasteiger partial charge in [0.15, 0.2) is 5.82 Å². The van der Waals surface area contributed by atoms with Crippen LogP contribution in [0.4, 0.5) is 11.8 Å². The van der Waals surface area contributed by atoms with E-state index in [2.05, 4.69) is 20.6 Å². The first-order chi connectivity index (χ1) is 8.23. The molecule has 0 amide bonds. The molecule has 17 heavy (non-hydrogen) atoms. The number of hydrogen-bond donors (Lipinski definition) is 2. The molecule has 4 nitrogen and oxygen atoms in total. The van der Waals surface area contributed by atoms with Crippen molar-refractivity contribution in [2.45, 2.75) is 25.7 Å². The molecule has 1 aromatic heterocycles. The minimum Gasteiger partial charge on any atom is -0.368 e. The quantitative estimate of drug-likeness (QED) is 0.846. The minimum absolute atomic E-state index is 0.550. The van der Waals surface area contributed by atoms with Crippen molar-refractivity contribution in [3.05, 3.63) is 11.2 Å². The smallest absolute Gasteiger partial charge is 0.224 e. The summed E-state index contributed by atoms with van der Waals surface area (Å²) < 4.78 is 0. The van der Waals surface area contributed by atoms with Crippen LogP contribution in [0.3, 0.4) is 0 Å². The fourth-order valence-electron chi connectivity index (χ4n) is 2.46. The molecule has 0 radical (unpaired) electrons. The molecule has 2 aliphatic carbocycles. The van der Waals surface area contributed by atoms with E-state index in [0.717, 1.165) is 18.3 Å². The Morgan fingerprint density at radius 2 is 2.24 bits per heavy atom. The van der Waals surface area contributed by atoms with Gasteiger partial charge in [-0.15, -0.1) is 0 Å². The van der Waals surface area contributed by atoms with Crippen molar-refractivity contribution in [3.8, 4) is 0 Å². The lowest BCUT2D eigenvalue weighted by Gasteiger charge is -2.16. The molecule has 1 aromatic rings. The van der Waals surface area contributed by atoms with E-state index in [0.29, 0.717) is 16.4 Å². The Balaban J connectivity index is 1.68. The maximum atomic E-state index is 6.08. The Hall–Kier alpha value is -1.03. The van der Waals surface area contributed by atoms with Crippen LogP contribution in [0.15, 0.2) is 6.20 Å². The lowest BCUT2D eigenvalue weighted by Crippen LogP contribution is -2.18. The van der Waals surface area contributed by atoms with Crippen LogP contribution in [0.1, 0.15) is 25.7 Å². The second kappa shape index (κ2) is 4.02. The lowest BCUT2D eigenvalue weighted by molar-refractivity contribution is 0.466. The second-order valence-corrected chi connectivity index (χ2v) is 5.54. The molecule has 2 saturated carbocycles. The van der Waals surface area contributed by atoms with Crippen LogP contribution in [0.25, 0.3) is 0 Å². The van der Waals surface area contributed by atoms with Crippen molar-refractivity contribution in [3.63, 3.8) is 0 Å². The van der Waals surface area contributed by atoms with Crippen molar-refractivity contribution >= 4 is 23.4 Å². The first kappa shape index (κ1) is 11.1. The largest absolute Gasteiger partial charge is 0.368 e. The van der Waals surface area contributed by atoms with Gasteiger partial charge in [0.05, 0.1) is 6.20 Å². The van der Waals surface area contributed by atoms with E-state index in [1.165, 1.54) is 25.7 Å². The van der Waals surface area contributed by atoms with Gasteiger partial charge < -0.3 is 10.6 Å². The summed E-state index contributed by atoms with van der Waals surface area (Å²) in [5, 5.41) is 6.90. The van der Waals surface area contributed by atoms with E-state index < -0.39 is 0 Å². The summed E-state index contributed by atoms with van der Waals surface area (Å²) in [7, 11) is 1.81. The van der Waals surface area contributed by atoms with Gasteiger partial charge in [0.2, 0.25) is 5.95 Å². The van der Waals surface area contributed by atoms with Gasteiger partial charge in [0, 0.05) is 13.6 Å². The van der Waals surface area contributed by atoms with Crippen LogP contribution in [0.5, 0.6) is 0 Å². The van der Waals surface area contributed by atoms with Crippen molar-refractivity contribution in [1.82, 2.24) is 9.97 Å². The van der Waals surface area contributed by atoms with Gasteiger partial charge >= 0.3 is 0 Å². The maximum absolute atomic E-state index is 6.08. The van der Waals surface area contributed by atoms with Gasteiger partial charge in [-0.1, -0.05) is 11.6 Å².